The molecule has 2 heterocycles. The molecule has 1 aliphatic heterocycles. The Morgan fingerprint density at radius 1 is 1.25 bits per heavy atom. The van der Waals surface area contributed by atoms with Crippen LogP contribution in [0.15, 0.2) is 30.6 Å². The molecule has 3 rings (SSSR count). The van der Waals surface area contributed by atoms with Crippen LogP contribution in [-0.4, -0.2) is 29.7 Å². The van der Waals surface area contributed by atoms with Gasteiger partial charge in [0.15, 0.2) is 5.82 Å². The third kappa shape index (κ3) is 2.90. The molecule has 1 fully saturated rings. The summed E-state index contributed by atoms with van der Waals surface area (Å²) < 4.78 is 5.48. The van der Waals surface area contributed by atoms with Crippen molar-refractivity contribution in [3.63, 3.8) is 0 Å². The lowest BCUT2D eigenvalue weighted by Crippen LogP contribution is -2.34. The average Bonchev–Trinajstić information content (AvgIpc) is 2.48. The van der Waals surface area contributed by atoms with Crippen LogP contribution in [0.4, 0.5) is 5.69 Å². The van der Waals surface area contributed by atoms with Crippen molar-refractivity contribution in [2.24, 2.45) is 0 Å². The van der Waals surface area contributed by atoms with Gasteiger partial charge in [-0.15, -0.1) is 0 Å². The molecular weight excluding hydrogens is 276 g/mol. The maximum absolute atomic E-state index is 6.20. The van der Waals surface area contributed by atoms with Crippen molar-refractivity contribution in [1.82, 2.24) is 15.3 Å². The fourth-order valence-electron chi connectivity index (χ4n) is 2.21. The van der Waals surface area contributed by atoms with Crippen LogP contribution >= 0.6 is 11.6 Å². The van der Waals surface area contributed by atoms with E-state index >= 15 is 0 Å². The van der Waals surface area contributed by atoms with E-state index < -0.39 is 0 Å². The molecular formula is C14H15ClN4O. The lowest BCUT2D eigenvalue weighted by Gasteiger charge is -2.24. The Bertz CT molecular complexity index is 597. The van der Waals surface area contributed by atoms with Crippen LogP contribution in [-0.2, 0) is 4.74 Å². The van der Waals surface area contributed by atoms with Gasteiger partial charge >= 0.3 is 0 Å². The molecule has 1 aromatic heterocycles. The zero-order valence-corrected chi connectivity index (χ0v) is 11.6. The summed E-state index contributed by atoms with van der Waals surface area (Å²) in [7, 11) is 0. The van der Waals surface area contributed by atoms with Gasteiger partial charge in [0.1, 0.15) is 0 Å². The number of rotatable bonds is 2. The van der Waals surface area contributed by atoms with Crippen molar-refractivity contribution in [1.29, 1.82) is 0 Å². The smallest absolute Gasteiger partial charge is 0.159 e. The lowest BCUT2D eigenvalue weighted by atomic mass is 10.0. The van der Waals surface area contributed by atoms with Gasteiger partial charge in [0.2, 0.25) is 0 Å². The highest BCUT2D eigenvalue weighted by Gasteiger charge is 2.17. The summed E-state index contributed by atoms with van der Waals surface area (Å²) in [5.41, 5.74) is 8.10. The van der Waals surface area contributed by atoms with Gasteiger partial charge in [0, 0.05) is 17.1 Å². The van der Waals surface area contributed by atoms with Crippen LogP contribution in [0.5, 0.6) is 0 Å². The highest BCUT2D eigenvalue weighted by molar-refractivity contribution is 6.30. The predicted octanol–water partition coefficient (Wildman–Crippen LogP) is 2.04. The molecule has 1 saturated heterocycles. The van der Waals surface area contributed by atoms with Crippen LogP contribution in [0.1, 0.15) is 11.6 Å². The maximum atomic E-state index is 6.20. The van der Waals surface area contributed by atoms with E-state index in [9.17, 15) is 0 Å². The standard InChI is InChI=1S/C14H15ClN4O/c15-11-4-9(13-8-20-2-1-17-13)3-10(5-11)14-18-6-12(16)7-19-14/h3-7,13,17H,1-2,8,16H2. The first-order chi connectivity index (χ1) is 9.72. The minimum atomic E-state index is 0.148. The van der Waals surface area contributed by atoms with Crippen molar-refractivity contribution in [2.75, 3.05) is 25.5 Å². The molecule has 0 amide bonds. The lowest BCUT2D eigenvalue weighted by molar-refractivity contribution is 0.0769. The molecule has 6 heteroatoms. The van der Waals surface area contributed by atoms with Crippen LogP contribution in [0.25, 0.3) is 11.4 Å². The molecule has 20 heavy (non-hydrogen) atoms. The number of aromatic nitrogens is 2. The molecule has 1 atom stereocenters. The Kier molecular flexibility index (Phi) is 3.82. The quantitative estimate of drug-likeness (QED) is 0.885. The van der Waals surface area contributed by atoms with E-state index in [2.05, 4.69) is 15.3 Å². The largest absolute Gasteiger partial charge is 0.396 e. The SMILES string of the molecule is Nc1cnc(-c2cc(Cl)cc(C3COCCN3)c2)nc1. The third-order valence-electron chi connectivity index (χ3n) is 3.17. The van der Waals surface area contributed by atoms with E-state index in [1.807, 2.05) is 18.2 Å². The zero-order chi connectivity index (χ0) is 13.9. The summed E-state index contributed by atoms with van der Waals surface area (Å²) in [6, 6.07) is 5.97. The fourth-order valence-corrected chi connectivity index (χ4v) is 2.45. The normalized spacial score (nSPS) is 18.9. The van der Waals surface area contributed by atoms with Crippen LogP contribution < -0.4 is 11.1 Å². The van der Waals surface area contributed by atoms with Crippen LogP contribution in [0.2, 0.25) is 5.02 Å². The summed E-state index contributed by atoms with van der Waals surface area (Å²) in [6.07, 6.45) is 3.18. The average molecular weight is 291 g/mol. The Balaban J connectivity index is 1.95. The second kappa shape index (κ2) is 5.75. The second-order valence-electron chi connectivity index (χ2n) is 4.69. The Morgan fingerprint density at radius 3 is 2.75 bits per heavy atom. The fraction of sp³-hybridized carbons (Fsp3) is 0.286. The van der Waals surface area contributed by atoms with Crippen LogP contribution in [0.3, 0.4) is 0 Å². The van der Waals surface area contributed by atoms with Gasteiger partial charge in [-0.3, -0.25) is 0 Å². The van der Waals surface area contributed by atoms with Gasteiger partial charge in [-0.2, -0.15) is 0 Å². The molecule has 5 nitrogen and oxygen atoms in total. The minimum Gasteiger partial charge on any atom is -0.396 e. The van der Waals surface area contributed by atoms with Crippen molar-refractivity contribution < 1.29 is 4.74 Å². The van der Waals surface area contributed by atoms with Gasteiger partial charge < -0.3 is 15.8 Å². The van der Waals surface area contributed by atoms with Gasteiger partial charge in [-0.1, -0.05) is 11.6 Å². The highest BCUT2D eigenvalue weighted by Crippen LogP contribution is 2.26. The first-order valence-corrected chi connectivity index (χ1v) is 6.80. The molecule has 1 unspecified atom stereocenters. The minimum absolute atomic E-state index is 0.148. The molecule has 1 aromatic carbocycles. The van der Waals surface area contributed by atoms with E-state index in [0.717, 1.165) is 24.3 Å². The first kappa shape index (κ1) is 13.3. The number of nitrogens with two attached hydrogens (primary N) is 1. The maximum Gasteiger partial charge on any atom is 0.159 e. The number of benzene rings is 1. The summed E-state index contributed by atoms with van der Waals surface area (Å²) in [5.74, 6) is 0.611. The first-order valence-electron chi connectivity index (χ1n) is 6.42. The monoisotopic (exact) mass is 290 g/mol. The molecule has 104 valence electrons. The number of ether oxygens (including phenoxy) is 1. The molecule has 0 spiro atoms. The van der Waals surface area contributed by atoms with Gasteiger partial charge in [-0.05, 0) is 23.8 Å². The van der Waals surface area contributed by atoms with E-state index in [0.29, 0.717) is 23.1 Å². The van der Waals surface area contributed by atoms with Gasteiger partial charge in [0.25, 0.3) is 0 Å². The summed E-state index contributed by atoms with van der Waals surface area (Å²) in [6.45, 7) is 2.22. The number of nitrogens with zero attached hydrogens (tertiary/aromatic N) is 2. The molecule has 1 aliphatic rings. The Hall–Kier alpha value is -1.69. The molecule has 3 N–H and O–H groups in total. The number of morpholine rings is 1. The Morgan fingerprint density at radius 2 is 2.05 bits per heavy atom. The van der Waals surface area contributed by atoms with Gasteiger partial charge in [0.05, 0.1) is 37.3 Å². The molecule has 0 aliphatic carbocycles. The number of halogens is 1. The molecule has 2 aromatic rings. The van der Waals surface area contributed by atoms with Crippen molar-refractivity contribution in [2.45, 2.75) is 6.04 Å². The number of hydrogen-bond acceptors (Lipinski definition) is 5. The second-order valence-corrected chi connectivity index (χ2v) is 5.13. The molecule has 0 radical (unpaired) electrons. The van der Waals surface area contributed by atoms with Gasteiger partial charge in [-0.25, -0.2) is 9.97 Å². The molecule has 0 bridgehead atoms. The van der Waals surface area contributed by atoms with E-state index in [4.69, 9.17) is 22.1 Å². The van der Waals surface area contributed by atoms with E-state index in [1.54, 1.807) is 12.4 Å². The summed E-state index contributed by atoms with van der Waals surface area (Å²) >= 11 is 6.20. The summed E-state index contributed by atoms with van der Waals surface area (Å²) in [5, 5.41) is 4.06. The molecule has 0 saturated carbocycles. The predicted molar refractivity (Wildman–Crippen MR) is 78.5 cm³/mol. The Labute approximate surface area is 122 Å². The highest BCUT2D eigenvalue weighted by atomic mass is 35.5. The number of hydrogen-bond donors (Lipinski definition) is 2. The number of nitrogen functional groups attached to an aromatic ring is 1. The van der Waals surface area contributed by atoms with Crippen LogP contribution in [0, 0.1) is 0 Å². The number of nitrogens with one attached hydrogen (secondary N) is 1. The van der Waals surface area contributed by atoms with Crippen molar-refractivity contribution >= 4 is 17.3 Å². The zero-order valence-electron chi connectivity index (χ0n) is 10.8. The van der Waals surface area contributed by atoms with E-state index in [1.165, 1.54) is 0 Å². The third-order valence-corrected chi connectivity index (χ3v) is 3.39. The number of anilines is 1. The van der Waals surface area contributed by atoms with Crippen molar-refractivity contribution in [3.05, 3.63) is 41.2 Å². The summed E-state index contributed by atoms with van der Waals surface area (Å²) in [4.78, 5) is 8.46. The van der Waals surface area contributed by atoms with Crippen molar-refractivity contribution in [3.8, 4) is 11.4 Å². The van der Waals surface area contributed by atoms with E-state index in [-0.39, 0.29) is 6.04 Å². The topological polar surface area (TPSA) is 73.1 Å².